The van der Waals surface area contributed by atoms with Crippen molar-refractivity contribution in [3.63, 3.8) is 0 Å². The molecule has 0 aromatic heterocycles. The molecule has 0 heterocycles. The molecule has 0 bridgehead atoms. The maximum atomic E-state index is 6.00. The van der Waals surface area contributed by atoms with Crippen molar-refractivity contribution in [2.24, 2.45) is 5.92 Å². The van der Waals surface area contributed by atoms with Gasteiger partial charge in [0.25, 0.3) is 0 Å². The first kappa shape index (κ1) is 12.8. The highest BCUT2D eigenvalue weighted by Crippen LogP contribution is 2.21. The Hall–Kier alpha value is -0.243. The number of allylic oxidation sites excluding steroid dienone is 2. The van der Waals surface area contributed by atoms with E-state index in [9.17, 15) is 0 Å². The van der Waals surface area contributed by atoms with Crippen LogP contribution < -0.4 is 0 Å². The van der Waals surface area contributed by atoms with Gasteiger partial charge in [-0.1, -0.05) is 26.3 Å². The molecular formula is C11H24OSi. The molecule has 0 fully saturated rings. The monoisotopic (exact) mass is 200 g/mol. The number of rotatable bonds is 5. The molecule has 1 nitrogen and oxygen atoms in total. The molecule has 0 rings (SSSR count). The quantitative estimate of drug-likeness (QED) is 0.478. The summed E-state index contributed by atoms with van der Waals surface area (Å²) in [5.41, 5.74) is 0. The lowest BCUT2D eigenvalue weighted by molar-refractivity contribution is 0.341. The van der Waals surface area contributed by atoms with Gasteiger partial charge in [-0.3, -0.25) is 0 Å². The van der Waals surface area contributed by atoms with E-state index in [1.165, 1.54) is 18.6 Å². The molecule has 0 N–H and O–H groups in total. The molecule has 0 radical (unpaired) electrons. The van der Waals surface area contributed by atoms with Crippen LogP contribution in [0.4, 0.5) is 0 Å². The van der Waals surface area contributed by atoms with Crippen molar-refractivity contribution >= 4 is 8.32 Å². The zero-order chi connectivity index (χ0) is 10.5. The van der Waals surface area contributed by atoms with Gasteiger partial charge in [0, 0.05) is 5.92 Å². The van der Waals surface area contributed by atoms with E-state index in [1.807, 2.05) is 0 Å². The van der Waals surface area contributed by atoms with Crippen LogP contribution in [0.2, 0.25) is 19.6 Å². The first-order valence-corrected chi connectivity index (χ1v) is 8.66. The lowest BCUT2D eigenvalue weighted by Crippen LogP contribution is -2.26. The number of hydrogen-bond acceptors (Lipinski definition) is 1. The molecule has 0 aromatic carbocycles. The van der Waals surface area contributed by atoms with Crippen LogP contribution in [-0.4, -0.2) is 8.32 Å². The van der Waals surface area contributed by atoms with Crippen molar-refractivity contribution in [2.45, 2.75) is 53.3 Å². The third kappa shape index (κ3) is 5.91. The molecule has 1 unspecified atom stereocenters. The van der Waals surface area contributed by atoms with Crippen molar-refractivity contribution in [3.05, 3.63) is 11.8 Å². The minimum atomic E-state index is -1.40. The van der Waals surface area contributed by atoms with Gasteiger partial charge in [0.2, 0.25) is 8.32 Å². The van der Waals surface area contributed by atoms with Crippen molar-refractivity contribution in [2.75, 3.05) is 0 Å². The Morgan fingerprint density at radius 3 is 2.23 bits per heavy atom. The Morgan fingerprint density at radius 2 is 1.92 bits per heavy atom. The van der Waals surface area contributed by atoms with Gasteiger partial charge in [0.05, 0.1) is 5.76 Å². The Balaban J connectivity index is 4.20. The molecule has 0 saturated heterocycles. The van der Waals surface area contributed by atoms with E-state index < -0.39 is 8.32 Å². The van der Waals surface area contributed by atoms with E-state index in [0.717, 1.165) is 0 Å². The van der Waals surface area contributed by atoms with Crippen LogP contribution in [0.25, 0.3) is 0 Å². The molecule has 0 amide bonds. The fourth-order valence-electron chi connectivity index (χ4n) is 1.37. The van der Waals surface area contributed by atoms with Gasteiger partial charge in [-0.15, -0.1) is 0 Å². The summed E-state index contributed by atoms with van der Waals surface area (Å²) in [6.07, 6.45) is 4.58. The average Bonchev–Trinajstić information content (AvgIpc) is 1.99. The predicted octanol–water partition coefficient (Wildman–Crippen LogP) is 4.18. The van der Waals surface area contributed by atoms with E-state index >= 15 is 0 Å². The summed E-state index contributed by atoms with van der Waals surface area (Å²) in [5, 5.41) is 0. The summed E-state index contributed by atoms with van der Waals surface area (Å²) in [6.45, 7) is 13.2. The van der Waals surface area contributed by atoms with E-state index in [-0.39, 0.29) is 0 Å². The molecule has 0 spiro atoms. The second-order valence-electron chi connectivity index (χ2n) is 4.60. The second-order valence-corrected chi connectivity index (χ2v) is 9.02. The summed E-state index contributed by atoms with van der Waals surface area (Å²) in [7, 11) is -1.40. The third-order valence-electron chi connectivity index (χ3n) is 1.92. The highest BCUT2D eigenvalue weighted by Gasteiger charge is 2.19. The van der Waals surface area contributed by atoms with Gasteiger partial charge in [-0.05, 0) is 33.0 Å². The van der Waals surface area contributed by atoms with Gasteiger partial charge in [-0.25, -0.2) is 0 Å². The first-order valence-electron chi connectivity index (χ1n) is 5.26. The highest BCUT2D eigenvalue weighted by molar-refractivity contribution is 6.70. The maximum absolute atomic E-state index is 6.00. The van der Waals surface area contributed by atoms with Crippen molar-refractivity contribution in [1.29, 1.82) is 0 Å². The molecule has 1 atom stereocenters. The summed E-state index contributed by atoms with van der Waals surface area (Å²) < 4.78 is 6.00. The molecule has 0 saturated carbocycles. The van der Waals surface area contributed by atoms with E-state index in [2.05, 4.69) is 46.5 Å². The minimum absolute atomic E-state index is 0.585. The van der Waals surface area contributed by atoms with Gasteiger partial charge in [0.15, 0.2) is 0 Å². The van der Waals surface area contributed by atoms with E-state index in [4.69, 9.17) is 4.43 Å². The Bertz CT molecular complexity index is 167. The molecular weight excluding hydrogens is 176 g/mol. The van der Waals surface area contributed by atoms with E-state index in [1.54, 1.807) is 0 Å². The molecule has 78 valence electrons. The van der Waals surface area contributed by atoms with Crippen LogP contribution in [0, 0.1) is 5.92 Å². The summed E-state index contributed by atoms with van der Waals surface area (Å²) in [6, 6.07) is 0. The lowest BCUT2D eigenvalue weighted by Gasteiger charge is -2.25. The lowest BCUT2D eigenvalue weighted by atomic mass is 10.0. The Labute approximate surface area is 84.3 Å². The standard InChI is InChI=1S/C11H24OSi/c1-7-9-10(3)11(8-2)12-13(4,5)6/h8,10H,7,9H2,1-6H3. The van der Waals surface area contributed by atoms with Gasteiger partial charge >= 0.3 is 0 Å². The Morgan fingerprint density at radius 1 is 1.38 bits per heavy atom. The Kier molecular flexibility index (Phi) is 5.38. The fraction of sp³-hybridized carbons (Fsp3) is 0.818. The van der Waals surface area contributed by atoms with Crippen LogP contribution >= 0.6 is 0 Å². The molecule has 0 aliphatic heterocycles. The first-order chi connectivity index (χ1) is 5.90. The SMILES string of the molecule is CC=C(O[Si](C)(C)C)C(C)CCC. The normalized spacial score (nSPS) is 15.7. The minimum Gasteiger partial charge on any atom is -0.547 e. The van der Waals surface area contributed by atoms with Crippen LogP contribution in [0.1, 0.15) is 33.6 Å². The third-order valence-corrected chi connectivity index (χ3v) is 2.76. The number of hydrogen-bond donors (Lipinski definition) is 0. The van der Waals surface area contributed by atoms with Gasteiger partial charge < -0.3 is 4.43 Å². The highest BCUT2D eigenvalue weighted by atomic mass is 28.4. The van der Waals surface area contributed by atoms with Crippen LogP contribution in [0.3, 0.4) is 0 Å². The smallest absolute Gasteiger partial charge is 0.241 e. The summed E-state index contributed by atoms with van der Waals surface area (Å²) >= 11 is 0. The second kappa shape index (κ2) is 5.48. The largest absolute Gasteiger partial charge is 0.547 e. The van der Waals surface area contributed by atoms with Crippen LogP contribution in [0.15, 0.2) is 11.8 Å². The van der Waals surface area contributed by atoms with E-state index in [0.29, 0.717) is 5.92 Å². The molecule has 13 heavy (non-hydrogen) atoms. The van der Waals surface area contributed by atoms with Crippen molar-refractivity contribution < 1.29 is 4.43 Å². The topological polar surface area (TPSA) is 9.23 Å². The predicted molar refractivity (Wildman–Crippen MR) is 62.3 cm³/mol. The molecule has 0 aliphatic rings. The van der Waals surface area contributed by atoms with Crippen molar-refractivity contribution in [1.82, 2.24) is 0 Å². The summed E-state index contributed by atoms with van der Waals surface area (Å²) in [4.78, 5) is 0. The average molecular weight is 200 g/mol. The van der Waals surface area contributed by atoms with Gasteiger partial charge in [-0.2, -0.15) is 0 Å². The molecule has 0 aromatic rings. The van der Waals surface area contributed by atoms with Crippen LogP contribution in [-0.2, 0) is 4.43 Å². The molecule has 2 heteroatoms. The zero-order valence-electron chi connectivity index (χ0n) is 9.98. The van der Waals surface area contributed by atoms with Crippen LogP contribution in [0.5, 0.6) is 0 Å². The fourth-order valence-corrected chi connectivity index (χ4v) is 2.40. The summed E-state index contributed by atoms with van der Waals surface area (Å²) in [5.74, 6) is 1.78. The maximum Gasteiger partial charge on any atom is 0.241 e. The zero-order valence-corrected chi connectivity index (χ0v) is 11.0. The van der Waals surface area contributed by atoms with Crippen molar-refractivity contribution in [3.8, 4) is 0 Å². The van der Waals surface area contributed by atoms with Gasteiger partial charge in [0.1, 0.15) is 0 Å². The molecule has 0 aliphatic carbocycles.